The average Bonchev–Trinajstić information content (AvgIpc) is 3.03. The van der Waals surface area contributed by atoms with Crippen molar-refractivity contribution in [2.45, 2.75) is 156 Å². The Balaban J connectivity index is 1.64. The van der Waals surface area contributed by atoms with Crippen LogP contribution >= 0.6 is 0 Å². The molecule has 52 heavy (non-hydrogen) atoms. The standard InChI is InChI=1S/C50H63FO/c1-44(2,3)30-49(12,13)34-26-37(31-17-15-14-16-18-31)43(52)50(51,29-34)42-35-27-40-38(45(4,5)19-21-47(40,8)9)24-32(35)23-33-25-39-41(28-36(33)42)48(10,11)22-20-46(39,6)7/h14-18,23-29,43,52H,19-22,30H2,1-13H3. The lowest BCUT2D eigenvalue weighted by Gasteiger charge is -2.44. The van der Waals surface area contributed by atoms with E-state index in [1.54, 1.807) is 0 Å². The quantitative estimate of drug-likeness (QED) is 0.210. The molecule has 0 aliphatic heterocycles. The van der Waals surface area contributed by atoms with Gasteiger partial charge in [-0.2, -0.15) is 0 Å². The molecule has 2 heteroatoms. The molecular formula is C50H63FO. The zero-order chi connectivity index (χ0) is 38.0. The molecular weight excluding hydrogens is 636 g/mol. The summed E-state index contributed by atoms with van der Waals surface area (Å²) in [6.45, 7) is 30.1. The van der Waals surface area contributed by atoms with Crippen LogP contribution < -0.4 is 0 Å². The van der Waals surface area contributed by atoms with Crippen molar-refractivity contribution in [2.24, 2.45) is 10.8 Å². The van der Waals surface area contributed by atoms with Crippen molar-refractivity contribution < 1.29 is 9.50 Å². The van der Waals surface area contributed by atoms with Gasteiger partial charge in [0.1, 0.15) is 6.10 Å². The monoisotopic (exact) mass is 698 g/mol. The van der Waals surface area contributed by atoms with Gasteiger partial charge in [0.15, 0.2) is 5.67 Å². The molecule has 4 aromatic rings. The normalized spacial score (nSPS) is 24.9. The van der Waals surface area contributed by atoms with Crippen LogP contribution in [-0.2, 0) is 27.3 Å². The van der Waals surface area contributed by atoms with Gasteiger partial charge >= 0.3 is 0 Å². The summed E-state index contributed by atoms with van der Waals surface area (Å²) < 4.78 is 19.5. The number of aliphatic hydroxyl groups excluding tert-OH is 1. The molecule has 0 spiro atoms. The summed E-state index contributed by atoms with van der Waals surface area (Å²) in [7, 11) is 0. The number of fused-ring (bicyclic) bond motifs is 4. The molecule has 0 saturated carbocycles. The number of hydrogen-bond donors (Lipinski definition) is 1. The van der Waals surface area contributed by atoms with Crippen LogP contribution in [0.15, 0.2) is 78.4 Å². The fourth-order valence-corrected chi connectivity index (χ4v) is 10.4. The third kappa shape index (κ3) is 6.00. The average molecular weight is 699 g/mol. The van der Waals surface area contributed by atoms with Crippen LogP contribution in [0, 0.1) is 10.8 Å². The van der Waals surface area contributed by atoms with Crippen LogP contribution in [0.4, 0.5) is 4.39 Å². The number of benzene rings is 4. The van der Waals surface area contributed by atoms with E-state index in [4.69, 9.17) is 0 Å². The van der Waals surface area contributed by atoms with Gasteiger partial charge in [-0.3, -0.25) is 0 Å². The van der Waals surface area contributed by atoms with Gasteiger partial charge in [0, 0.05) is 5.56 Å². The van der Waals surface area contributed by atoms with Crippen molar-refractivity contribution in [3.63, 3.8) is 0 Å². The smallest absolute Gasteiger partial charge is 0.185 e. The lowest BCUT2D eigenvalue weighted by molar-refractivity contribution is 0.0617. The summed E-state index contributed by atoms with van der Waals surface area (Å²) >= 11 is 0. The van der Waals surface area contributed by atoms with Crippen molar-refractivity contribution in [2.75, 3.05) is 0 Å². The van der Waals surface area contributed by atoms with E-state index in [2.05, 4.69) is 126 Å². The molecule has 0 fully saturated rings. The Kier molecular flexibility index (Phi) is 8.30. The third-order valence-corrected chi connectivity index (χ3v) is 13.5. The summed E-state index contributed by atoms with van der Waals surface area (Å²) in [5.41, 5.74) is 5.84. The van der Waals surface area contributed by atoms with Crippen LogP contribution in [0.25, 0.3) is 27.1 Å². The maximum absolute atomic E-state index is 19.5. The Morgan fingerprint density at radius 1 is 0.635 bits per heavy atom. The van der Waals surface area contributed by atoms with Gasteiger partial charge in [0.05, 0.1) is 0 Å². The summed E-state index contributed by atoms with van der Waals surface area (Å²) in [5.74, 6) is 0. The molecule has 3 aliphatic carbocycles. The number of rotatable bonds is 4. The molecule has 0 bridgehead atoms. The van der Waals surface area contributed by atoms with Crippen molar-refractivity contribution >= 4 is 27.1 Å². The number of halogens is 1. The number of aliphatic hydroxyl groups is 1. The van der Waals surface area contributed by atoms with Gasteiger partial charge < -0.3 is 5.11 Å². The van der Waals surface area contributed by atoms with E-state index < -0.39 is 11.8 Å². The van der Waals surface area contributed by atoms with Gasteiger partial charge in [-0.05, 0) is 149 Å². The zero-order valence-corrected chi connectivity index (χ0v) is 34.4. The maximum Gasteiger partial charge on any atom is 0.185 e. The second-order valence-electron chi connectivity index (χ2n) is 21.4. The van der Waals surface area contributed by atoms with Crippen molar-refractivity contribution in [3.8, 4) is 0 Å². The van der Waals surface area contributed by atoms with Gasteiger partial charge in [-0.25, -0.2) is 4.39 Å². The summed E-state index contributed by atoms with van der Waals surface area (Å²) in [4.78, 5) is 0. The highest BCUT2D eigenvalue weighted by Crippen LogP contribution is 2.55. The summed E-state index contributed by atoms with van der Waals surface area (Å²) in [6, 6.07) is 21.7. The predicted octanol–water partition coefficient (Wildman–Crippen LogP) is 13.7. The summed E-state index contributed by atoms with van der Waals surface area (Å²) in [5, 5.41) is 16.7. The molecule has 0 radical (unpaired) electrons. The lowest BCUT2D eigenvalue weighted by Crippen LogP contribution is -2.39. The maximum atomic E-state index is 19.5. The first-order valence-corrected chi connectivity index (χ1v) is 19.8. The second kappa shape index (κ2) is 11.6. The van der Waals surface area contributed by atoms with E-state index in [0.29, 0.717) is 11.1 Å². The van der Waals surface area contributed by atoms with Crippen LogP contribution in [-0.4, -0.2) is 11.2 Å². The molecule has 0 heterocycles. The first kappa shape index (κ1) is 37.1. The van der Waals surface area contributed by atoms with Crippen LogP contribution in [0.1, 0.15) is 155 Å². The Labute approximate surface area is 313 Å². The van der Waals surface area contributed by atoms with Crippen molar-refractivity contribution in [1.82, 2.24) is 0 Å². The Hall–Kier alpha value is -3.23. The minimum atomic E-state index is -2.19. The molecule has 0 aromatic heterocycles. The molecule has 2 atom stereocenters. The van der Waals surface area contributed by atoms with E-state index in [-0.39, 0.29) is 32.5 Å². The zero-order valence-electron chi connectivity index (χ0n) is 34.4. The fraction of sp³-hybridized carbons (Fsp3) is 0.520. The van der Waals surface area contributed by atoms with Crippen LogP contribution in [0.2, 0.25) is 0 Å². The minimum absolute atomic E-state index is 0.0149. The first-order valence-electron chi connectivity index (χ1n) is 19.8. The molecule has 2 unspecified atom stereocenters. The molecule has 1 nitrogen and oxygen atoms in total. The molecule has 3 aliphatic rings. The highest BCUT2D eigenvalue weighted by Gasteiger charge is 2.49. The van der Waals surface area contributed by atoms with E-state index in [0.717, 1.165) is 64.8 Å². The fourth-order valence-electron chi connectivity index (χ4n) is 10.4. The number of alkyl halides is 1. The molecule has 0 saturated heterocycles. The highest BCUT2D eigenvalue weighted by molar-refractivity contribution is 6.05. The van der Waals surface area contributed by atoms with Crippen LogP contribution in [0.5, 0.6) is 0 Å². The molecule has 4 aromatic carbocycles. The van der Waals surface area contributed by atoms with Gasteiger partial charge in [-0.15, -0.1) is 0 Å². The SMILES string of the molecule is CC(C)(C)CC(C)(C)C1=CC(F)(c2c3cc4c(cc3cc3cc5c(cc23)C(C)(C)CCC5(C)C)C(C)(C)CCC4(C)C)C(O)C(c2ccccc2)=C1. The van der Waals surface area contributed by atoms with Gasteiger partial charge in [0.2, 0.25) is 0 Å². The van der Waals surface area contributed by atoms with Crippen molar-refractivity contribution in [3.05, 3.63) is 112 Å². The van der Waals surface area contributed by atoms with E-state index in [1.807, 2.05) is 36.4 Å². The number of allylic oxidation sites excluding steroid dienone is 2. The molecule has 0 amide bonds. The molecule has 7 rings (SSSR count). The molecule has 276 valence electrons. The predicted molar refractivity (Wildman–Crippen MR) is 221 cm³/mol. The summed E-state index contributed by atoms with van der Waals surface area (Å²) in [6.07, 6.45) is 7.79. The first-order chi connectivity index (χ1) is 23.9. The Bertz CT molecular complexity index is 2050. The van der Waals surface area contributed by atoms with E-state index in [9.17, 15) is 5.11 Å². The van der Waals surface area contributed by atoms with E-state index >= 15 is 4.39 Å². The van der Waals surface area contributed by atoms with Gasteiger partial charge in [-0.1, -0.05) is 139 Å². The largest absolute Gasteiger partial charge is 0.384 e. The van der Waals surface area contributed by atoms with Gasteiger partial charge in [0.25, 0.3) is 0 Å². The second-order valence-corrected chi connectivity index (χ2v) is 21.4. The Morgan fingerprint density at radius 2 is 1.06 bits per heavy atom. The topological polar surface area (TPSA) is 20.2 Å². The Morgan fingerprint density at radius 3 is 1.48 bits per heavy atom. The van der Waals surface area contributed by atoms with E-state index in [1.165, 1.54) is 22.3 Å². The molecule has 1 N–H and O–H groups in total. The minimum Gasteiger partial charge on any atom is -0.384 e. The van der Waals surface area contributed by atoms with Crippen molar-refractivity contribution in [1.29, 1.82) is 0 Å². The third-order valence-electron chi connectivity index (χ3n) is 13.5. The van der Waals surface area contributed by atoms with Crippen LogP contribution in [0.3, 0.4) is 0 Å². The number of hydrogen-bond acceptors (Lipinski definition) is 1. The lowest BCUT2D eigenvalue weighted by atomic mass is 9.61. The highest BCUT2D eigenvalue weighted by atomic mass is 19.1.